The van der Waals surface area contributed by atoms with Crippen LogP contribution in [0.1, 0.15) is 31.4 Å². The highest BCUT2D eigenvalue weighted by molar-refractivity contribution is 5.82. The van der Waals surface area contributed by atoms with Crippen molar-refractivity contribution in [3.8, 4) is 0 Å². The lowest BCUT2D eigenvalue weighted by molar-refractivity contribution is -0.140. The highest BCUT2D eigenvalue weighted by atomic mass is 16.4. The van der Waals surface area contributed by atoms with E-state index in [9.17, 15) is 9.59 Å². The SMILES string of the molecule is CCC(C)C(NC(=O)NCCc1ccccc1C)C(=O)O. The molecule has 0 aliphatic heterocycles. The summed E-state index contributed by atoms with van der Waals surface area (Å²) in [6.07, 6.45) is 1.42. The van der Waals surface area contributed by atoms with Crippen LogP contribution in [0.3, 0.4) is 0 Å². The van der Waals surface area contributed by atoms with Crippen LogP contribution in [0.25, 0.3) is 0 Å². The van der Waals surface area contributed by atoms with E-state index in [0.717, 1.165) is 6.42 Å². The van der Waals surface area contributed by atoms with E-state index in [4.69, 9.17) is 5.11 Å². The van der Waals surface area contributed by atoms with Crippen LogP contribution in [-0.2, 0) is 11.2 Å². The van der Waals surface area contributed by atoms with Crippen molar-refractivity contribution in [1.82, 2.24) is 10.6 Å². The summed E-state index contributed by atoms with van der Waals surface area (Å²) in [6, 6.07) is 6.70. The molecule has 1 aromatic rings. The van der Waals surface area contributed by atoms with E-state index in [1.165, 1.54) is 11.1 Å². The summed E-state index contributed by atoms with van der Waals surface area (Å²) in [5, 5.41) is 14.3. The van der Waals surface area contributed by atoms with Gasteiger partial charge in [0.1, 0.15) is 6.04 Å². The molecule has 2 amide bonds. The molecule has 3 N–H and O–H groups in total. The Kier molecular flexibility index (Phi) is 6.72. The van der Waals surface area contributed by atoms with E-state index in [0.29, 0.717) is 13.0 Å². The Bertz CT molecular complexity index is 488. The van der Waals surface area contributed by atoms with Gasteiger partial charge in [-0.25, -0.2) is 9.59 Å². The number of carboxylic acids is 1. The molecule has 2 unspecified atom stereocenters. The number of hydrogen-bond acceptors (Lipinski definition) is 2. The van der Waals surface area contributed by atoms with E-state index in [2.05, 4.69) is 10.6 Å². The highest BCUT2D eigenvalue weighted by Gasteiger charge is 2.24. The van der Waals surface area contributed by atoms with Crippen LogP contribution in [0, 0.1) is 12.8 Å². The van der Waals surface area contributed by atoms with Gasteiger partial charge in [-0.3, -0.25) is 0 Å². The van der Waals surface area contributed by atoms with Gasteiger partial charge in [-0.15, -0.1) is 0 Å². The number of rotatable bonds is 7. The minimum Gasteiger partial charge on any atom is -0.480 e. The van der Waals surface area contributed by atoms with Crippen molar-refractivity contribution < 1.29 is 14.7 Å². The second-order valence-electron chi connectivity index (χ2n) is 5.28. The number of carboxylic acid groups (broad SMARTS) is 1. The van der Waals surface area contributed by atoms with Gasteiger partial charge in [0.2, 0.25) is 0 Å². The van der Waals surface area contributed by atoms with Gasteiger partial charge in [0.05, 0.1) is 0 Å². The highest BCUT2D eigenvalue weighted by Crippen LogP contribution is 2.08. The Labute approximate surface area is 125 Å². The summed E-state index contributed by atoms with van der Waals surface area (Å²) in [4.78, 5) is 22.9. The van der Waals surface area contributed by atoms with Gasteiger partial charge in [-0.05, 0) is 30.4 Å². The molecular weight excluding hydrogens is 268 g/mol. The first-order chi connectivity index (χ1) is 9.95. The molecule has 1 rings (SSSR count). The molecule has 5 nitrogen and oxygen atoms in total. The molecule has 0 aromatic heterocycles. The van der Waals surface area contributed by atoms with Crippen molar-refractivity contribution >= 4 is 12.0 Å². The summed E-state index contributed by atoms with van der Waals surface area (Å²) >= 11 is 0. The quantitative estimate of drug-likeness (QED) is 0.721. The Morgan fingerprint density at radius 3 is 2.52 bits per heavy atom. The maximum Gasteiger partial charge on any atom is 0.326 e. The molecule has 21 heavy (non-hydrogen) atoms. The van der Waals surface area contributed by atoms with Crippen LogP contribution in [0.15, 0.2) is 24.3 Å². The van der Waals surface area contributed by atoms with E-state index < -0.39 is 18.0 Å². The monoisotopic (exact) mass is 292 g/mol. The summed E-state index contributed by atoms with van der Waals surface area (Å²) in [7, 11) is 0. The predicted octanol–water partition coefficient (Wildman–Crippen LogP) is 2.34. The normalized spacial score (nSPS) is 13.3. The maximum atomic E-state index is 11.8. The van der Waals surface area contributed by atoms with Gasteiger partial charge in [-0.2, -0.15) is 0 Å². The molecule has 116 valence electrons. The average molecular weight is 292 g/mol. The zero-order valence-corrected chi connectivity index (χ0v) is 12.8. The van der Waals surface area contributed by atoms with E-state index in [1.54, 1.807) is 0 Å². The zero-order chi connectivity index (χ0) is 15.8. The van der Waals surface area contributed by atoms with Crippen molar-refractivity contribution in [2.45, 2.75) is 39.7 Å². The predicted molar refractivity (Wildman–Crippen MR) is 82.3 cm³/mol. The number of carbonyl (C=O) groups excluding carboxylic acids is 1. The maximum absolute atomic E-state index is 11.8. The van der Waals surface area contributed by atoms with Crippen LogP contribution in [0.4, 0.5) is 4.79 Å². The Morgan fingerprint density at radius 1 is 1.29 bits per heavy atom. The molecule has 0 saturated heterocycles. The Balaban J connectivity index is 2.43. The van der Waals surface area contributed by atoms with Gasteiger partial charge in [-0.1, -0.05) is 44.5 Å². The number of urea groups is 1. The van der Waals surface area contributed by atoms with Crippen LogP contribution in [0.5, 0.6) is 0 Å². The van der Waals surface area contributed by atoms with Gasteiger partial charge < -0.3 is 15.7 Å². The fourth-order valence-corrected chi connectivity index (χ4v) is 2.08. The second kappa shape index (κ2) is 8.29. The molecule has 0 spiro atoms. The minimum absolute atomic E-state index is 0.107. The molecule has 0 heterocycles. The summed E-state index contributed by atoms with van der Waals surface area (Å²) in [5.41, 5.74) is 2.36. The van der Waals surface area contributed by atoms with Crippen molar-refractivity contribution in [2.75, 3.05) is 6.54 Å². The van der Waals surface area contributed by atoms with E-state index in [-0.39, 0.29) is 5.92 Å². The first-order valence-corrected chi connectivity index (χ1v) is 7.27. The largest absolute Gasteiger partial charge is 0.480 e. The molecule has 0 aliphatic rings. The van der Waals surface area contributed by atoms with Crippen LogP contribution in [-0.4, -0.2) is 29.7 Å². The number of hydrogen-bond donors (Lipinski definition) is 3. The van der Waals surface area contributed by atoms with Crippen molar-refractivity contribution in [3.05, 3.63) is 35.4 Å². The molecule has 1 aromatic carbocycles. The lowest BCUT2D eigenvalue weighted by Crippen LogP contribution is -2.49. The van der Waals surface area contributed by atoms with Gasteiger partial charge in [0.25, 0.3) is 0 Å². The third-order valence-electron chi connectivity index (χ3n) is 3.71. The second-order valence-corrected chi connectivity index (χ2v) is 5.28. The third kappa shape index (κ3) is 5.45. The van der Waals surface area contributed by atoms with Crippen molar-refractivity contribution in [2.24, 2.45) is 5.92 Å². The Hall–Kier alpha value is -2.04. The number of nitrogens with one attached hydrogen (secondary N) is 2. The summed E-state index contributed by atoms with van der Waals surface area (Å²) in [5.74, 6) is -1.11. The van der Waals surface area contributed by atoms with Gasteiger partial charge in [0, 0.05) is 6.54 Å². The van der Waals surface area contributed by atoms with Gasteiger partial charge in [0.15, 0.2) is 0 Å². The zero-order valence-electron chi connectivity index (χ0n) is 12.8. The van der Waals surface area contributed by atoms with Crippen molar-refractivity contribution in [1.29, 1.82) is 0 Å². The molecule has 0 saturated carbocycles. The molecule has 5 heteroatoms. The lowest BCUT2D eigenvalue weighted by atomic mass is 9.99. The lowest BCUT2D eigenvalue weighted by Gasteiger charge is -2.20. The minimum atomic E-state index is -1.00. The molecule has 2 atom stereocenters. The van der Waals surface area contributed by atoms with E-state index in [1.807, 2.05) is 45.0 Å². The fourth-order valence-electron chi connectivity index (χ4n) is 2.08. The number of aryl methyl sites for hydroxylation is 1. The van der Waals surface area contributed by atoms with Crippen LogP contribution >= 0.6 is 0 Å². The average Bonchev–Trinajstić information content (AvgIpc) is 2.45. The summed E-state index contributed by atoms with van der Waals surface area (Å²) < 4.78 is 0. The van der Waals surface area contributed by atoms with Crippen LogP contribution in [0.2, 0.25) is 0 Å². The molecule has 0 fully saturated rings. The molecule has 0 aliphatic carbocycles. The molecule has 0 radical (unpaired) electrons. The van der Waals surface area contributed by atoms with Crippen molar-refractivity contribution in [3.63, 3.8) is 0 Å². The number of amides is 2. The molecular formula is C16H24N2O3. The Morgan fingerprint density at radius 2 is 1.95 bits per heavy atom. The first kappa shape index (κ1) is 17.0. The summed E-state index contributed by atoms with van der Waals surface area (Å²) in [6.45, 7) is 6.22. The van der Waals surface area contributed by atoms with E-state index >= 15 is 0 Å². The standard InChI is InChI=1S/C16H24N2O3/c1-4-11(2)14(15(19)20)18-16(21)17-10-9-13-8-6-5-7-12(13)3/h5-8,11,14H,4,9-10H2,1-3H3,(H,19,20)(H2,17,18,21). The number of aliphatic carboxylic acids is 1. The topological polar surface area (TPSA) is 78.4 Å². The molecule has 0 bridgehead atoms. The smallest absolute Gasteiger partial charge is 0.326 e. The number of benzene rings is 1. The number of carbonyl (C=O) groups is 2. The first-order valence-electron chi connectivity index (χ1n) is 7.27. The third-order valence-corrected chi connectivity index (χ3v) is 3.71. The van der Waals surface area contributed by atoms with Gasteiger partial charge >= 0.3 is 12.0 Å². The fraction of sp³-hybridized carbons (Fsp3) is 0.500. The van der Waals surface area contributed by atoms with Crippen LogP contribution < -0.4 is 10.6 Å².